The van der Waals surface area contributed by atoms with Crippen molar-refractivity contribution >= 4 is 33.5 Å². The molecule has 0 atom stereocenters. The van der Waals surface area contributed by atoms with E-state index in [0.29, 0.717) is 11.5 Å². The molecule has 0 aliphatic heterocycles. The number of hydrogen-bond acceptors (Lipinski definition) is 3. The third-order valence-electron chi connectivity index (χ3n) is 5.62. The Bertz CT molecular complexity index is 1460. The van der Waals surface area contributed by atoms with E-state index in [-0.39, 0.29) is 11.1 Å². The van der Waals surface area contributed by atoms with Gasteiger partial charge < -0.3 is 14.9 Å². The average molecular weight is 434 g/mol. The highest BCUT2D eigenvalue weighted by Gasteiger charge is 2.17. The highest BCUT2D eigenvalue weighted by atomic mass is 16.5. The summed E-state index contributed by atoms with van der Waals surface area (Å²) in [6.45, 7) is 0. The van der Waals surface area contributed by atoms with Crippen molar-refractivity contribution in [1.29, 1.82) is 0 Å². The second-order valence-corrected chi connectivity index (χ2v) is 7.61. The number of carboxylic acids is 2. The SMILES string of the molecule is O=C(O)c1ccc(Oc2c3ccccc3c(-c3ccc(C(=O)O)cc3)c3ccccc23)cc1. The van der Waals surface area contributed by atoms with Crippen molar-refractivity contribution in [2.24, 2.45) is 0 Å². The van der Waals surface area contributed by atoms with E-state index >= 15 is 0 Å². The number of carbonyl (C=O) groups is 2. The molecule has 0 fully saturated rings. The van der Waals surface area contributed by atoms with Gasteiger partial charge in [-0.15, -0.1) is 0 Å². The van der Waals surface area contributed by atoms with Crippen LogP contribution >= 0.6 is 0 Å². The third kappa shape index (κ3) is 3.66. The first-order valence-corrected chi connectivity index (χ1v) is 10.3. The molecule has 0 amide bonds. The maximum Gasteiger partial charge on any atom is 0.335 e. The summed E-state index contributed by atoms with van der Waals surface area (Å²) in [5.41, 5.74) is 2.32. The van der Waals surface area contributed by atoms with Gasteiger partial charge in [0.25, 0.3) is 0 Å². The lowest BCUT2D eigenvalue weighted by Crippen LogP contribution is -1.96. The van der Waals surface area contributed by atoms with Gasteiger partial charge in [0.1, 0.15) is 11.5 Å². The molecule has 5 nitrogen and oxygen atoms in total. The lowest BCUT2D eigenvalue weighted by Gasteiger charge is -2.17. The van der Waals surface area contributed by atoms with Crippen molar-refractivity contribution in [1.82, 2.24) is 0 Å². The van der Waals surface area contributed by atoms with Gasteiger partial charge in [-0.1, -0.05) is 60.7 Å². The molecule has 160 valence electrons. The minimum Gasteiger partial charge on any atom is -0.478 e. The van der Waals surface area contributed by atoms with Crippen molar-refractivity contribution in [2.75, 3.05) is 0 Å². The Kier molecular flexibility index (Phi) is 4.99. The molecule has 0 unspecified atom stereocenters. The number of fused-ring (bicyclic) bond motifs is 2. The Morgan fingerprint density at radius 1 is 0.545 bits per heavy atom. The van der Waals surface area contributed by atoms with E-state index in [1.165, 1.54) is 12.1 Å². The van der Waals surface area contributed by atoms with Gasteiger partial charge in [0.05, 0.1) is 11.1 Å². The quantitative estimate of drug-likeness (QED) is 0.296. The number of ether oxygens (including phenoxy) is 1. The Morgan fingerprint density at radius 2 is 0.970 bits per heavy atom. The van der Waals surface area contributed by atoms with Gasteiger partial charge in [0, 0.05) is 10.8 Å². The molecule has 0 heterocycles. The first-order valence-electron chi connectivity index (χ1n) is 10.3. The number of benzene rings is 5. The van der Waals surface area contributed by atoms with Crippen LogP contribution in [0.15, 0.2) is 97.1 Å². The monoisotopic (exact) mass is 434 g/mol. The predicted molar refractivity (Wildman–Crippen MR) is 127 cm³/mol. The first-order chi connectivity index (χ1) is 16.0. The standard InChI is InChI=1S/C28H18O5/c29-27(30)18-11-9-17(10-12-18)25-21-5-1-3-7-23(21)26(24-8-4-2-6-22(24)25)33-20-15-13-19(14-16-20)28(31)32/h1-16H,(H,29,30)(H,31,32). The van der Waals surface area contributed by atoms with Gasteiger partial charge in [-0.2, -0.15) is 0 Å². The summed E-state index contributed by atoms with van der Waals surface area (Å²) in [4.78, 5) is 22.5. The second kappa shape index (κ2) is 8.13. The van der Waals surface area contributed by atoms with Crippen LogP contribution < -0.4 is 4.74 Å². The molecule has 5 aromatic rings. The molecule has 0 radical (unpaired) electrons. The van der Waals surface area contributed by atoms with Gasteiger partial charge in [0.15, 0.2) is 0 Å². The van der Waals surface area contributed by atoms with E-state index in [1.807, 2.05) is 60.7 Å². The average Bonchev–Trinajstić information content (AvgIpc) is 2.84. The molecule has 0 aliphatic carbocycles. The van der Waals surface area contributed by atoms with E-state index in [2.05, 4.69) is 0 Å². The van der Waals surface area contributed by atoms with Crippen LogP contribution in [0.1, 0.15) is 20.7 Å². The molecule has 0 bridgehead atoms. The van der Waals surface area contributed by atoms with Crippen molar-refractivity contribution in [3.8, 4) is 22.6 Å². The Balaban J connectivity index is 1.74. The van der Waals surface area contributed by atoms with Gasteiger partial charge in [0.2, 0.25) is 0 Å². The molecule has 33 heavy (non-hydrogen) atoms. The molecule has 0 aromatic heterocycles. The van der Waals surface area contributed by atoms with E-state index in [4.69, 9.17) is 9.84 Å². The molecular formula is C28H18O5. The normalized spacial score (nSPS) is 10.9. The smallest absolute Gasteiger partial charge is 0.335 e. The van der Waals surface area contributed by atoms with Crippen LogP contribution in [0.2, 0.25) is 0 Å². The second-order valence-electron chi connectivity index (χ2n) is 7.61. The van der Waals surface area contributed by atoms with Crippen molar-refractivity contribution < 1.29 is 24.5 Å². The number of carboxylic acid groups (broad SMARTS) is 2. The summed E-state index contributed by atoms with van der Waals surface area (Å²) in [5, 5.41) is 22.2. The minimum atomic E-state index is -0.990. The van der Waals surface area contributed by atoms with Gasteiger partial charge >= 0.3 is 11.9 Å². The van der Waals surface area contributed by atoms with Crippen molar-refractivity contribution in [3.05, 3.63) is 108 Å². The molecule has 0 saturated heterocycles. The highest BCUT2D eigenvalue weighted by molar-refractivity contribution is 6.17. The predicted octanol–water partition coefficient (Wildman–Crippen LogP) is 6.85. The Morgan fingerprint density at radius 3 is 1.42 bits per heavy atom. The molecule has 0 spiro atoms. The first kappa shape index (κ1) is 20.3. The molecule has 0 aliphatic rings. The molecule has 5 rings (SSSR count). The van der Waals surface area contributed by atoms with Gasteiger partial charge in [-0.3, -0.25) is 0 Å². The van der Waals surface area contributed by atoms with Crippen LogP contribution in [-0.4, -0.2) is 22.2 Å². The fourth-order valence-corrected chi connectivity index (χ4v) is 4.07. The summed E-state index contributed by atoms with van der Waals surface area (Å²) < 4.78 is 6.31. The van der Waals surface area contributed by atoms with Gasteiger partial charge in [-0.05, 0) is 58.3 Å². The van der Waals surface area contributed by atoms with E-state index < -0.39 is 11.9 Å². The van der Waals surface area contributed by atoms with E-state index in [1.54, 1.807) is 24.3 Å². The minimum absolute atomic E-state index is 0.192. The van der Waals surface area contributed by atoms with Crippen molar-refractivity contribution in [2.45, 2.75) is 0 Å². The summed E-state index contributed by atoms with van der Waals surface area (Å²) in [6.07, 6.45) is 0. The number of rotatable bonds is 5. The fourth-order valence-electron chi connectivity index (χ4n) is 4.07. The topological polar surface area (TPSA) is 83.8 Å². The van der Waals surface area contributed by atoms with Crippen LogP contribution in [0, 0.1) is 0 Å². The van der Waals surface area contributed by atoms with Crippen LogP contribution in [-0.2, 0) is 0 Å². The van der Waals surface area contributed by atoms with Gasteiger partial charge in [-0.25, -0.2) is 9.59 Å². The van der Waals surface area contributed by atoms with Crippen LogP contribution in [0.3, 0.4) is 0 Å². The lowest BCUT2D eigenvalue weighted by molar-refractivity contribution is 0.0686. The molecule has 2 N–H and O–H groups in total. The zero-order valence-electron chi connectivity index (χ0n) is 17.4. The summed E-state index contributed by atoms with van der Waals surface area (Å²) in [6, 6.07) is 29.0. The maximum atomic E-state index is 11.3. The van der Waals surface area contributed by atoms with Crippen LogP contribution in [0.25, 0.3) is 32.7 Å². The zero-order chi connectivity index (χ0) is 22.9. The molecule has 0 saturated carbocycles. The number of aromatic carboxylic acids is 2. The highest BCUT2D eigenvalue weighted by Crippen LogP contribution is 2.44. The van der Waals surface area contributed by atoms with E-state index in [0.717, 1.165) is 32.7 Å². The number of hydrogen-bond donors (Lipinski definition) is 2. The Hall–Kier alpha value is -4.64. The molecule has 5 heteroatoms. The summed E-state index contributed by atoms with van der Waals surface area (Å²) in [5.74, 6) is -0.742. The molecular weight excluding hydrogens is 416 g/mol. The zero-order valence-corrected chi connectivity index (χ0v) is 17.4. The Labute approximate surface area is 189 Å². The van der Waals surface area contributed by atoms with Crippen molar-refractivity contribution in [3.63, 3.8) is 0 Å². The summed E-state index contributed by atoms with van der Waals surface area (Å²) in [7, 11) is 0. The largest absolute Gasteiger partial charge is 0.478 e. The van der Waals surface area contributed by atoms with Crippen LogP contribution in [0.5, 0.6) is 11.5 Å². The van der Waals surface area contributed by atoms with E-state index in [9.17, 15) is 14.7 Å². The summed E-state index contributed by atoms with van der Waals surface area (Å²) >= 11 is 0. The maximum absolute atomic E-state index is 11.3. The lowest BCUT2D eigenvalue weighted by atomic mass is 9.91. The fraction of sp³-hybridized carbons (Fsp3) is 0. The third-order valence-corrected chi connectivity index (χ3v) is 5.62. The van der Waals surface area contributed by atoms with Crippen LogP contribution in [0.4, 0.5) is 0 Å². The molecule has 5 aromatic carbocycles.